The van der Waals surface area contributed by atoms with E-state index in [4.69, 9.17) is 9.47 Å². The molecule has 0 atom stereocenters. The van der Waals surface area contributed by atoms with Gasteiger partial charge in [-0.1, -0.05) is 12.1 Å². The summed E-state index contributed by atoms with van der Waals surface area (Å²) in [6, 6.07) is 9.37. The molecule has 0 unspecified atom stereocenters. The molecule has 6 nitrogen and oxygen atoms in total. The Morgan fingerprint density at radius 3 is 2.57 bits per heavy atom. The number of carbonyl (C=O) groups excluding carboxylic acids is 2. The third kappa shape index (κ3) is 2.86. The van der Waals surface area contributed by atoms with Crippen molar-refractivity contribution in [3.63, 3.8) is 0 Å². The summed E-state index contributed by atoms with van der Waals surface area (Å²) in [5.41, 5.74) is 1.95. The maximum atomic E-state index is 13.3. The van der Waals surface area contributed by atoms with Gasteiger partial charge in [0.15, 0.2) is 11.5 Å². The predicted molar refractivity (Wildman–Crippen MR) is 105 cm³/mol. The SMILES string of the molecule is O=C1C(c2cccs2)=C(N2CCCCC2)C(=O)N1Cc1ccc2c(c1)OCO2. The lowest BCUT2D eigenvalue weighted by Crippen LogP contribution is -2.36. The highest BCUT2D eigenvalue weighted by atomic mass is 32.1. The second-order valence-corrected chi connectivity index (χ2v) is 8.08. The van der Waals surface area contributed by atoms with Crippen molar-refractivity contribution in [2.45, 2.75) is 25.8 Å². The van der Waals surface area contributed by atoms with Crippen molar-refractivity contribution in [2.75, 3.05) is 19.9 Å². The van der Waals surface area contributed by atoms with Crippen LogP contribution in [-0.2, 0) is 16.1 Å². The number of fused-ring (bicyclic) bond motifs is 1. The fourth-order valence-corrected chi connectivity index (χ4v) is 4.75. The molecule has 0 saturated carbocycles. The Morgan fingerprint density at radius 1 is 0.964 bits per heavy atom. The Hall–Kier alpha value is -2.80. The van der Waals surface area contributed by atoms with Gasteiger partial charge < -0.3 is 14.4 Å². The third-order valence-corrected chi connectivity index (χ3v) is 6.25. The van der Waals surface area contributed by atoms with Crippen LogP contribution < -0.4 is 9.47 Å². The number of amides is 2. The van der Waals surface area contributed by atoms with Crippen LogP contribution in [0.25, 0.3) is 5.57 Å². The van der Waals surface area contributed by atoms with Crippen molar-refractivity contribution in [3.05, 3.63) is 51.8 Å². The summed E-state index contributed by atoms with van der Waals surface area (Å²) in [4.78, 5) is 30.9. The molecule has 144 valence electrons. The molecule has 0 spiro atoms. The molecule has 0 N–H and O–H groups in total. The molecule has 1 aromatic carbocycles. The zero-order chi connectivity index (χ0) is 19.1. The molecule has 1 saturated heterocycles. The van der Waals surface area contributed by atoms with Gasteiger partial charge in [-0.25, -0.2) is 0 Å². The zero-order valence-electron chi connectivity index (χ0n) is 15.3. The molecule has 1 fully saturated rings. The van der Waals surface area contributed by atoms with Crippen LogP contribution >= 0.6 is 11.3 Å². The summed E-state index contributed by atoms with van der Waals surface area (Å²) in [7, 11) is 0. The number of nitrogens with zero attached hydrogens (tertiary/aromatic N) is 2. The monoisotopic (exact) mass is 396 g/mol. The van der Waals surface area contributed by atoms with E-state index in [1.807, 2.05) is 35.7 Å². The van der Waals surface area contributed by atoms with Gasteiger partial charge in [0.05, 0.1) is 12.1 Å². The van der Waals surface area contributed by atoms with Crippen molar-refractivity contribution in [1.29, 1.82) is 0 Å². The van der Waals surface area contributed by atoms with E-state index in [1.54, 1.807) is 0 Å². The van der Waals surface area contributed by atoms with Crippen LogP contribution in [0.5, 0.6) is 11.5 Å². The van der Waals surface area contributed by atoms with E-state index in [1.165, 1.54) is 22.7 Å². The van der Waals surface area contributed by atoms with Crippen molar-refractivity contribution in [1.82, 2.24) is 9.80 Å². The lowest BCUT2D eigenvalue weighted by atomic mass is 10.1. The van der Waals surface area contributed by atoms with E-state index >= 15 is 0 Å². The van der Waals surface area contributed by atoms with Crippen LogP contribution in [-0.4, -0.2) is 41.5 Å². The molecule has 1 aromatic heterocycles. The van der Waals surface area contributed by atoms with Crippen LogP contribution in [0.1, 0.15) is 29.7 Å². The molecule has 0 radical (unpaired) electrons. The van der Waals surface area contributed by atoms with Crippen molar-refractivity contribution in [3.8, 4) is 11.5 Å². The van der Waals surface area contributed by atoms with E-state index in [9.17, 15) is 9.59 Å². The summed E-state index contributed by atoms with van der Waals surface area (Å²) < 4.78 is 10.8. The molecule has 4 heterocycles. The topological polar surface area (TPSA) is 59.1 Å². The average molecular weight is 396 g/mol. The number of benzene rings is 1. The van der Waals surface area contributed by atoms with E-state index in [0.717, 1.165) is 36.4 Å². The predicted octanol–water partition coefficient (Wildman–Crippen LogP) is 3.24. The largest absolute Gasteiger partial charge is 0.454 e. The Bertz CT molecular complexity index is 961. The van der Waals surface area contributed by atoms with E-state index in [2.05, 4.69) is 4.90 Å². The van der Waals surface area contributed by atoms with Crippen LogP contribution in [0.15, 0.2) is 41.4 Å². The Kier molecular flexibility index (Phi) is 4.31. The summed E-state index contributed by atoms with van der Waals surface area (Å²) in [5, 5.41) is 1.94. The maximum Gasteiger partial charge on any atom is 0.278 e. The molecule has 28 heavy (non-hydrogen) atoms. The van der Waals surface area contributed by atoms with E-state index in [-0.39, 0.29) is 25.2 Å². The smallest absolute Gasteiger partial charge is 0.278 e. The average Bonchev–Trinajstić information content (AvgIpc) is 3.45. The highest BCUT2D eigenvalue weighted by molar-refractivity contribution is 7.11. The van der Waals surface area contributed by atoms with Crippen LogP contribution in [0.4, 0.5) is 0 Å². The first kappa shape index (κ1) is 17.3. The molecule has 0 bridgehead atoms. The van der Waals surface area contributed by atoms with Gasteiger partial charge in [-0.15, -0.1) is 11.3 Å². The summed E-state index contributed by atoms with van der Waals surface area (Å²) in [5.74, 6) is 0.923. The van der Waals surface area contributed by atoms with E-state index < -0.39 is 0 Å². The normalized spacial score (nSPS) is 19.1. The maximum absolute atomic E-state index is 13.3. The number of ether oxygens (including phenoxy) is 2. The van der Waals surface area contributed by atoms with Gasteiger partial charge in [0.1, 0.15) is 5.70 Å². The Labute approximate surface area is 167 Å². The second kappa shape index (κ2) is 6.98. The number of likely N-dealkylation sites (tertiary alicyclic amines) is 1. The quantitative estimate of drug-likeness (QED) is 0.743. The number of hydrogen-bond acceptors (Lipinski definition) is 6. The minimum absolute atomic E-state index is 0.198. The first-order valence-corrected chi connectivity index (χ1v) is 10.4. The van der Waals surface area contributed by atoms with Crippen molar-refractivity contribution in [2.24, 2.45) is 0 Å². The van der Waals surface area contributed by atoms with Crippen molar-refractivity contribution < 1.29 is 19.1 Å². The van der Waals surface area contributed by atoms with Gasteiger partial charge in [0.2, 0.25) is 6.79 Å². The first-order valence-electron chi connectivity index (χ1n) is 9.50. The molecular weight excluding hydrogens is 376 g/mol. The zero-order valence-corrected chi connectivity index (χ0v) is 16.2. The number of rotatable bonds is 4. The fourth-order valence-electron chi connectivity index (χ4n) is 3.98. The molecule has 3 aliphatic rings. The molecule has 2 amide bonds. The lowest BCUT2D eigenvalue weighted by Gasteiger charge is -2.29. The Morgan fingerprint density at radius 2 is 1.79 bits per heavy atom. The number of carbonyl (C=O) groups is 2. The molecule has 2 aromatic rings. The van der Waals surface area contributed by atoms with Crippen LogP contribution in [0, 0.1) is 0 Å². The van der Waals surface area contributed by atoms with Gasteiger partial charge in [-0.05, 0) is 48.4 Å². The molecule has 0 aliphatic carbocycles. The highest BCUT2D eigenvalue weighted by Gasteiger charge is 2.42. The molecule has 7 heteroatoms. The van der Waals surface area contributed by atoms with Gasteiger partial charge in [-0.3, -0.25) is 14.5 Å². The number of piperidine rings is 1. The van der Waals surface area contributed by atoms with Crippen molar-refractivity contribution >= 4 is 28.7 Å². The third-order valence-electron chi connectivity index (χ3n) is 5.36. The molecule has 3 aliphatic heterocycles. The Balaban J connectivity index is 1.48. The molecular formula is C21H20N2O4S. The summed E-state index contributed by atoms with van der Waals surface area (Å²) >= 11 is 1.50. The first-order chi connectivity index (χ1) is 13.7. The van der Waals surface area contributed by atoms with Gasteiger partial charge in [0.25, 0.3) is 11.8 Å². The summed E-state index contributed by atoms with van der Waals surface area (Å²) in [6.07, 6.45) is 3.26. The number of imide groups is 1. The van der Waals surface area contributed by atoms with Gasteiger partial charge in [0, 0.05) is 18.0 Å². The van der Waals surface area contributed by atoms with Gasteiger partial charge in [-0.2, -0.15) is 0 Å². The standard InChI is InChI=1S/C21H20N2O4S/c24-20-18(17-5-4-10-28-17)19(22-8-2-1-3-9-22)21(25)23(20)12-14-6-7-15-16(11-14)27-13-26-15/h4-7,10-11H,1-3,8-9,12-13H2. The number of thiophene rings is 1. The number of hydrogen-bond donors (Lipinski definition) is 0. The molecule has 5 rings (SSSR count). The van der Waals surface area contributed by atoms with Crippen LogP contribution in [0.2, 0.25) is 0 Å². The minimum Gasteiger partial charge on any atom is -0.454 e. The lowest BCUT2D eigenvalue weighted by molar-refractivity contribution is -0.138. The van der Waals surface area contributed by atoms with E-state index in [0.29, 0.717) is 22.8 Å². The highest BCUT2D eigenvalue weighted by Crippen LogP contribution is 2.37. The fraction of sp³-hybridized carbons (Fsp3) is 0.333. The minimum atomic E-state index is -0.217. The van der Waals surface area contributed by atoms with Gasteiger partial charge >= 0.3 is 0 Å². The second-order valence-electron chi connectivity index (χ2n) is 7.13. The van der Waals surface area contributed by atoms with Crippen LogP contribution in [0.3, 0.4) is 0 Å². The summed E-state index contributed by atoms with van der Waals surface area (Å²) in [6.45, 7) is 2.06.